The van der Waals surface area contributed by atoms with Crippen LogP contribution in [0.15, 0.2) is 11.6 Å². The van der Waals surface area contributed by atoms with E-state index in [1.165, 1.54) is 31.3 Å². The van der Waals surface area contributed by atoms with E-state index in [0.717, 1.165) is 31.6 Å². The van der Waals surface area contributed by atoms with Crippen molar-refractivity contribution in [1.29, 1.82) is 5.26 Å². The second kappa shape index (κ2) is 6.45. The molecule has 0 aliphatic heterocycles. The van der Waals surface area contributed by atoms with Crippen molar-refractivity contribution >= 4 is 5.78 Å². The van der Waals surface area contributed by atoms with Crippen LogP contribution in [0.5, 0.6) is 0 Å². The second-order valence-electron chi connectivity index (χ2n) is 10.5. The first-order chi connectivity index (χ1) is 12.7. The Morgan fingerprint density at radius 3 is 2.67 bits per heavy atom. The first kappa shape index (κ1) is 19.2. The lowest BCUT2D eigenvalue weighted by Crippen LogP contribution is -2.52. The van der Waals surface area contributed by atoms with E-state index < -0.39 is 5.60 Å². The van der Waals surface area contributed by atoms with Crippen molar-refractivity contribution in [2.24, 2.45) is 34.5 Å². The van der Waals surface area contributed by atoms with Gasteiger partial charge in [-0.25, -0.2) is 0 Å². The fourth-order valence-electron chi connectivity index (χ4n) is 7.92. The Morgan fingerprint density at radius 1 is 1.19 bits per heavy atom. The number of rotatable bonds is 3. The first-order valence-corrected chi connectivity index (χ1v) is 11.1. The molecular formula is C24H35NO2. The van der Waals surface area contributed by atoms with Gasteiger partial charge in [0, 0.05) is 12.3 Å². The van der Waals surface area contributed by atoms with Crippen LogP contribution in [-0.2, 0) is 4.79 Å². The third-order valence-corrected chi connectivity index (χ3v) is 9.42. The number of ketones is 1. The van der Waals surface area contributed by atoms with Gasteiger partial charge in [-0.05, 0) is 93.3 Å². The van der Waals surface area contributed by atoms with Gasteiger partial charge in [-0.2, -0.15) is 5.26 Å². The third-order valence-electron chi connectivity index (χ3n) is 9.42. The molecule has 7 atom stereocenters. The summed E-state index contributed by atoms with van der Waals surface area (Å²) in [7, 11) is 0. The minimum Gasteiger partial charge on any atom is -0.386 e. The highest BCUT2D eigenvalue weighted by Crippen LogP contribution is 2.67. The molecule has 3 fully saturated rings. The minimum absolute atomic E-state index is 0.206. The first-order valence-electron chi connectivity index (χ1n) is 11.1. The van der Waals surface area contributed by atoms with Crippen LogP contribution in [0.3, 0.4) is 0 Å². The van der Waals surface area contributed by atoms with Crippen LogP contribution in [0.4, 0.5) is 0 Å². The maximum Gasteiger partial charge on any atom is 0.133 e. The molecule has 0 aromatic rings. The molecule has 4 aliphatic carbocycles. The number of nitrogens with zero attached hydrogens (tertiary/aromatic N) is 1. The number of nitriles is 1. The van der Waals surface area contributed by atoms with E-state index in [1.807, 2.05) is 0 Å². The molecule has 3 heteroatoms. The summed E-state index contributed by atoms with van der Waals surface area (Å²) < 4.78 is 0. The number of carbonyl (C=O) groups is 1. The van der Waals surface area contributed by atoms with Gasteiger partial charge in [0.15, 0.2) is 0 Å². The predicted octanol–water partition coefficient (Wildman–Crippen LogP) is 5.19. The average Bonchev–Trinajstić information content (AvgIpc) is 2.98. The maximum atomic E-state index is 12.3. The summed E-state index contributed by atoms with van der Waals surface area (Å²) in [5.74, 6) is 2.81. The van der Waals surface area contributed by atoms with Gasteiger partial charge < -0.3 is 5.11 Å². The Kier molecular flexibility index (Phi) is 4.58. The molecule has 0 aromatic carbocycles. The summed E-state index contributed by atoms with van der Waals surface area (Å²) >= 11 is 0. The van der Waals surface area contributed by atoms with E-state index in [4.69, 9.17) is 5.26 Å². The highest BCUT2D eigenvalue weighted by Gasteiger charge is 2.60. The molecule has 0 spiro atoms. The van der Waals surface area contributed by atoms with Gasteiger partial charge in [0.1, 0.15) is 5.78 Å². The molecule has 0 unspecified atom stereocenters. The molecular weight excluding hydrogens is 334 g/mol. The Balaban J connectivity index is 1.60. The Hall–Kier alpha value is -1.14. The number of Topliss-reactive ketones (excluding diaryl/α,β-unsaturated/α-hetero) is 1. The van der Waals surface area contributed by atoms with Crippen molar-refractivity contribution in [2.45, 2.75) is 90.6 Å². The molecule has 1 N–H and O–H groups in total. The van der Waals surface area contributed by atoms with E-state index in [2.05, 4.69) is 26.0 Å². The van der Waals surface area contributed by atoms with E-state index in [9.17, 15) is 9.90 Å². The van der Waals surface area contributed by atoms with Crippen LogP contribution >= 0.6 is 0 Å². The molecule has 0 aromatic heterocycles. The molecule has 0 bridgehead atoms. The van der Waals surface area contributed by atoms with Crippen molar-refractivity contribution in [3.05, 3.63) is 11.6 Å². The highest BCUT2D eigenvalue weighted by molar-refractivity contribution is 5.79. The monoisotopic (exact) mass is 369 g/mol. The van der Waals surface area contributed by atoms with Gasteiger partial charge in [0.2, 0.25) is 0 Å². The fourth-order valence-corrected chi connectivity index (χ4v) is 7.92. The van der Waals surface area contributed by atoms with E-state index in [0.29, 0.717) is 30.5 Å². The number of hydrogen-bond donors (Lipinski definition) is 1. The van der Waals surface area contributed by atoms with Gasteiger partial charge in [0.25, 0.3) is 0 Å². The Bertz CT molecular complexity index is 706. The van der Waals surface area contributed by atoms with E-state index in [-0.39, 0.29) is 16.7 Å². The molecule has 4 rings (SSSR count). The zero-order valence-corrected chi connectivity index (χ0v) is 17.3. The van der Waals surface area contributed by atoms with Crippen molar-refractivity contribution < 1.29 is 9.90 Å². The van der Waals surface area contributed by atoms with E-state index in [1.54, 1.807) is 6.92 Å². The molecule has 3 saturated carbocycles. The number of allylic oxidation sites excluding steroid dienone is 1. The molecule has 148 valence electrons. The quantitative estimate of drug-likeness (QED) is 0.696. The predicted molar refractivity (Wildman–Crippen MR) is 106 cm³/mol. The van der Waals surface area contributed by atoms with Crippen molar-refractivity contribution in [3.63, 3.8) is 0 Å². The Labute approximate surface area is 164 Å². The third kappa shape index (κ3) is 2.82. The summed E-state index contributed by atoms with van der Waals surface area (Å²) in [5, 5.41) is 19.9. The maximum absolute atomic E-state index is 12.3. The largest absolute Gasteiger partial charge is 0.386 e. The van der Waals surface area contributed by atoms with Crippen LogP contribution < -0.4 is 0 Å². The highest BCUT2D eigenvalue weighted by atomic mass is 16.3. The van der Waals surface area contributed by atoms with E-state index >= 15 is 0 Å². The average molecular weight is 370 g/mol. The minimum atomic E-state index is -0.770. The topological polar surface area (TPSA) is 61.1 Å². The number of aliphatic hydroxyl groups is 1. The molecule has 4 aliphatic rings. The molecule has 0 amide bonds. The summed E-state index contributed by atoms with van der Waals surface area (Å²) in [5.41, 5.74) is 1.11. The van der Waals surface area contributed by atoms with Gasteiger partial charge in [-0.3, -0.25) is 4.79 Å². The normalized spacial score (nSPS) is 48.6. The van der Waals surface area contributed by atoms with Gasteiger partial charge in [-0.15, -0.1) is 0 Å². The molecule has 3 nitrogen and oxygen atoms in total. The zero-order chi connectivity index (χ0) is 19.4. The standard InChI is InChI=1S/C24H35NO2/c1-16(26)19-7-8-20-18-6-5-17-15-24(27,10-4-14-25)13-12-22(17,2)21(18)9-11-23(19,20)3/h15,18-21,27H,4-13H2,1-3H3/t18-,19+,20-,21-,22-,23+,24-/m0/s1. The van der Waals surface area contributed by atoms with Gasteiger partial charge in [0.05, 0.1) is 11.7 Å². The lowest BCUT2D eigenvalue weighted by molar-refractivity contribution is -0.128. The van der Waals surface area contributed by atoms with Crippen LogP contribution in [-0.4, -0.2) is 16.5 Å². The summed E-state index contributed by atoms with van der Waals surface area (Å²) in [4.78, 5) is 12.3. The summed E-state index contributed by atoms with van der Waals surface area (Å²) in [6.45, 7) is 6.65. The van der Waals surface area contributed by atoms with Crippen molar-refractivity contribution in [3.8, 4) is 6.07 Å². The number of fused-ring (bicyclic) bond motifs is 5. The SMILES string of the molecule is CC(=O)[C@H]1CC[C@H]2[C@@H]3CCC4=C[C@](O)(CCC#N)CC[C@]4(C)[C@H]3CC[C@]12C. The van der Waals surface area contributed by atoms with Gasteiger partial charge >= 0.3 is 0 Å². The van der Waals surface area contributed by atoms with Gasteiger partial charge in [-0.1, -0.05) is 25.5 Å². The Morgan fingerprint density at radius 2 is 1.96 bits per heavy atom. The van der Waals surface area contributed by atoms with Crippen LogP contribution in [0.25, 0.3) is 0 Å². The molecule has 0 radical (unpaired) electrons. The summed E-state index contributed by atoms with van der Waals surface area (Å²) in [6.07, 6.45) is 12.0. The number of hydrogen-bond acceptors (Lipinski definition) is 3. The smallest absolute Gasteiger partial charge is 0.133 e. The lowest BCUT2D eigenvalue weighted by Gasteiger charge is -2.59. The van der Waals surface area contributed by atoms with Crippen LogP contribution in [0, 0.1) is 45.8 Å². The molecule has 0 saturated heterocycles. The molecule has 27 heavy (non-hydrogen) atoms. The van der Waals surface area contributed by atoms with Crippen LogP contribution in [0.2, 0.25) is 0 Å². The van der Waals surface area contributed by atoms with Crippen LogP contribution in [0.1, 0.15) is 85.0 Å². The second-order valence-corrected chi connectivity index (χ2v) is 10.5. The summed E-state index contributed by atoms with van der Waals surface area (Å²) in [6, 6.07) is 2.19. The van der Waals surface area contributed by atoms with Crippen molar-refractivity contribution in [1.82, 2.24) is 0 Å². The fraction of sp³-hybridized carbons (Fsp3) is 0.833. The zero-order valence-electron chi connectivity index (χ0n) is 17.3. The van der Waals surface area contributed by atoms with Crippen molar-refractivity contribution in [2.75, 3.05) is 0 Å². The molecule has 0 heterocycles. The number of carbonyl (C=O) groups excluding carboxylic acids is 1. The lowest BCUT2D eigenvalue weighted by atomic mass is 9.46.